The van der Waals surface area contributed by atoms with Crippen molar-refractivity contribution < 1.29 is 4.79 Å². The second-order valence-corrected chi connectivity index (χ2v) is 3.48. The second-order valence-electron chi connectivity index (χ2n) is 3.48. The Hall–Kier alpha value is -0.530. The lowest BCUT2D eigenvalue weighted by molar-refractivity contribution is -0.123. The molecule has 0 radical (unpaired) electrons. The van der Waals surface area contributed by atoms with Crippen LogP contribution in [0.15, 0.2) is 0 Å². The fourth-order valence-electron chi connectivity index (χ4n) is 1.08. The fraction of sp³-hybridized carbons (Fsp3) is 0.875. The van der Waals surface area contributed by atoms with Crippen LogP contribution in [0.5, 0.6) is 0 Å². The molecule has 0 unspecified atom stereocenters. The maximum absolute atomic E-state index is 11.1. The molecule has 1 aliphatic carbocycles. The highest BCUT2D eigenvalue weighted by Crippen LogP contribution is 2.37. The predicted molar refractivity (Wildman–Crippen MR) is 40.5 cm³/mol. The maximum atomic E-state index is 11.1. The molecule has 1 rings (SSSR count). The van der Waals surface area contributed by atoms with Gasteiger partial charge in [0.25, 0.3) is 0 Å². The van der Waals surface area contributed by atoms with Crippen LogP contribution in [0.2, 0.25) is 0 Å². The zero-order chi connectivity index (χ0) is 7.72. The summed E-state index contributed by atoms with van der Waals surface area (Å²) in [5.74, 6) is 1.18. The number of rotatable bonds is 2. The smallest absolute Gasteiger partial charge is 0.223 e. The Morgan fingerprint density at radius 1 is 1.60 bits per heavy atom. The van der Waals surface area contributed by atoms with Crippen LogP contribution in [-0.2, 0) is 4.79 Å². The van der Waals surface area contributed by atoms with E-state index in [9.17, 15) is 4.79 Å². The zero-order valence-corrected chi connectivity index (χ0v) is 6.85. The van der Waals surface area contributed by atoms with Crippen LogP contribution in [0.4, 0.5) is 0 Å². The summed E-state index contributed by atoms with van der Waals surface area (Å²) >= 11 is 0. The van der Waals surface area contributed by atoms with Crippen molar-refractivity contribution in [2.45, 2.75) is 33.2 Å². The second kappa shape index (κ2) is 2.60. The minimum Gasteiger partial charge on any atom is -0.354 e. The Balaban J connectivity index is 2.23. The Kier molecular flexibility index (Phi) is 1.97. The van der Waals surface area contributed by atoms with Gasteiger partial charge in [-0.15, -0.1) is 0 Å². The standard InChI is InChI=1S/C8H15NO/c1-5(2)9-8(10)7-4-6(7)3/h5-7H,4H2,1-3H3,(H,9,10)/t6-,7-/m1/s1. The number of carbonyl (C=O) groups is 1. The van der Waals surface area contributed by atoms with Crippen molar-refractivity contribution in [3.8, 4) is 0 Å². The summed E-state index contributed by atoms with van der Waals surface area (Å²) in [6, 6.07) is 0.292. The first-order valence-corrected chi connectivity index (χ1v) is 3.91. The first kappa shape index (κ1) is 7.58. The molecule has 1 aliphatic rings. The highest BCUT2D eigenvalue weighted by molar-refractivity contribution is 5.81. The quantitative estimate of drug-likeness (QED) is 0.614. The molecule has 0 bridgehead atoms. The third-order valence-corrected chi connectivity index (χ3v) is 1.88. The van der Waals surface area contributed by atoms with Gasteiger partial charge in [-0.1, -0.05) is 6.92 Å². The van der Waals surface area contributed by atoms with E-state index >= 15 is 0 Å². The number of nitrogens with one attached hydrogen (secondary N) is 1. The molecule has 1 amide bonds. The van der Waals surface area contributed by atoms with Crippen molar-refractivity contribution in [2.24, 2.45) is 11.8 Å². The van der Waals surface area contributed by atoms with E-state index in [0.29, 0.717) is 17.9 Å². The third kappa shape index (κ3) is 1.72. The molecule has 0 spiro atoms. The van der Waals surface area contributed by atoms with E-state index in [1.807, 2.05) is 13.8 Å². The first-order valence-electron chi connectivity index (χ1n) is 3.91. The summed E-state index contributed by atoms with van der Waals surface area (Å²) in [7, 11) is 0. The number of hydrogen-bond acceptors (Lipinski definition) is 1. The molecule has 1 saturated carbocycles. The molecule has 2 heteroatoms. The average molecular weight is 141 g/mol. The molecule has 1 N–H and O–H groups in total. The van der Waals surface area contributed by atoms with E-state index in [0.717, 1.165) is 6.42 Å². The van der Waals surface area contributed by atoms with Crippen molar-refractivity contribution in [3.63, 3.8) is 0 Å². The monoisotopic (exact) mass is 141 g/mol. The minimum absolute atomic E-state index is 0.238. The molecule has 58 valence electrons. The molecule has 0 saturated heterocycles. The molecular weight excluding hydrogens is 126 g/mol. The van der Waals surface area contributed by atoms with Crippen LogP contribution >= 0.6 is 0 Å². The SMILES string of the molecule is CC(C)NC(=O)[C@@H]1C[C@H]1C. The van der Waals surface area contributed by atoms with Gasteiger partial charge < -0.3 is 5.32 Å². The molecule has 1 fully saturated rings. The number of carbonyl (C=O) groups excluding carboxylic acids is 1. The Labute approximate surface area is 62.0 Å². The van der Waals surface area contributed by atoms with Crippen LogP contribution in [0.1, 0.15) is 27.2 Å². The number of hydrogen-bond donors (Lipinski definition) is 1. The average Bonchev–Trinajstić information content (AvgIpc) is 2.44. The molecule has 0 aliphatic heterocycles. The van der Waals surface area contributed by atoms with Gasteiger partial charge in [0.1, 0.15) is 0 Å². The molecule has 0 aromatic heterocycles. The van der Waals surface area contributed by atoms with Crippen LogP contribution in [0.3, 0.4) is 0 Å². The summed E-state index contributed by atoms with van der Waals surface area (Å²) in [5.41, 5.74) is 0. The van der Waals surface area contributed by atoms with Gasteiger partial charge in [0, 0.05) is 12.0 Å². The lowest BCUT2D eigenvalue weighted by Crippen LogP contribution is -2.31. The van der Waals surface area contributed by atoms with Crippen molar-refractivity contribution in [1.29, 1.82) is 0 Å². The Morgan fingerprint density at radius 3 is 2.40 bits per heavy atom. The van der Waals surface area contributed by atoms with Crippen molar-refractivity contribution in [2.75, 3.05) is 0 Å². The largest absolute Gasteiger partial charge is 0.354 e. The zero-order valence-electron chi connectivity index (χ0n) is 6.85. The van der Waals surface area contributed by atoms with Gasteiger partial charge in [0.15, 0.2) is 0 Å². The lowest BCUT2D eigenvalue weighted by atomic mass is 10.3. The van der Waals surface area contributed by atoms with Crippen LogP contribution in [0.25, 0.3) is 0 Å². The fourth-order valence-corrected chi connectivity index (χ4v) is 1.08. The summed E-state index contributed by atoms with van der Waals surface area (Å²) < 4.78 is 0. The van der Waals surface area contributed by atoms with E-state index in [4.69, 9.17) is 0 Å². The van der Waals surface area contributed by atoms with Crippen molar-refractivity contribution in [1.82, 2.24) is 5.32 Å². The van der Waals surface area contributed by atoms with Crippen LogP contribution in [-0.4, -0.2) is 11.9 Å². The van der Waals surface area contributed by atoms with E-state index < -0.39 is 0 Å². The molecule has 0 aromatic carbocycles. The molecule has 0 aromatic rings. The van der Waals surface area contributed by atoms with E-state index in [1.165, 1.54) is 0 Å². The van der Waals surface area contributed by atoms with Gasteiger partial charge in [-0.25, -0.2) is 0 Å². The summed E-state index contributed by atoms with van der Waals surface area (Å²) in [4.78, 5) is 11.1. The van der Waals surface area contributed by atoms with Gasteiger partial charge in [0.05, 0.1) is 0 Å². The number of amides is 1. The van der Waals surface area contributed by atoms with Gasteiger partial charge >= 0.3 is 0 Å². The summed E-state index contributed by atoms with van der Waals surface area (Å²) in [5, 5.41) is 2.90. The Bertz CT molecular complexity index is 142. The summed E-state index contributed by atoms with van der Waals surface area (Å²) in [6.45, 7) is 6.10. The van der Waals surface area contributed by atoms with E-state index in [1.54, 1.807) is 0 Å². The first-order chi connectivity index (χ1) is 4.61. The molecule has 0 heterocycles. The van der Waals surface area contributed by atoms with E-state index in [2.05, 4.69) is 12.2 Å². The van der Waals surface area contributed by atoms with E-state index in [-0.39, 0.29) is 5.91 Å². The molecule has 2 nitrogen and oxygen atoms in total. The minimum atomic E-state index is 0.238. The maximum Gasteiger partial charge on any atom is 0.223 e. The highest BCUT2D eigenvalue weighted by Gasteiger charge is 2.38. The third-order valence-electron chi connectivity index (χ3n) is 1.88. The van der Waals surface area contributed by atoms with Gasteiger partial charge in [-0.2, -0.15) is 0 Å². The highest BCUT2D eigenvalue weighted by atomic mass is 16.2. The van der Waals surface area contributed by atoms with Gasteiger partial charge in [-0.05, 0) is 26.2 Å². The molecule has 10 heavy (non-hydrogen) atoms. The topological polar surface area (TPSA) is 29.1 Å². The normalized spacial score (nSPS) is 30.4. The Morgan fingerprint density at radius 2 is 2.10 bits per heavy atom. The molecular formula is C8H15NO. The lowest BCUT2D eigenvalue weighted by Gasteiger charge is -2.06. The van der Waals surface area contributed by atoms with Crippen molar-refractivity contribution >= 4 is 5.91 Å². The van der Waals surface area contributed by atoms with Gasteiger partial charge in [-0.3, -0.25) is 4.79 Å². The molecule has 2 atom stereocenters. The van der Waals surface area contributed by atoms with Gasteiger partial charge in [0.2, 0.25) is 5.91 Å². The summed E-state index contributed by atoms with van der Waals surface area (Å²) in [6.07, 6.45) is 1.08. The van der Waals surface area contributed by atoms with Crippen molar-refractivity contribution in [3.05, 3.63) is 0 Å². The van der Waals surface area contributed by atoms with Crippen LogP contribution in [0, 0.1) is 11.8 Å². The van der Waals surface area contributed by atoms with Crippen LogP contribution < -0.4 is 5.32 Å². The predicted octanol–water partition coefficient (Wildman–Crippen LogP) is 1.17.